The SMILES string of the molecule is Fc1cc(F)cc(CCC2COC=N2)c1. The molecule has 0 saturated heterocycles. The zero-order valence-corrected chi connectivity index (χ0v) is 8.12. The fraction of sp³-hybridized carbons (Fsp3) is 0.364. The Morgan fingerprint density at radius 3 is 2.60 bits per heavy atom. The van der Waals surface area contributed by atoms with Crippen molar-refractivity contribution in [2.45, 2.75) is 18.9 Å². The van der Waals surface area contributed by atoms with Crippen molar-refractivity contribution in [3.05, 3.63) is 35.4 Å². The van der Waals surface area contributed by atoms with Crippen molar-refractivity contribution in [3.63, 3.8) is 0 Å². The average molecular weight is 211 g/mol. The predicted octanol–water partition coefficient (Wildman–Crippen LogP) is 2.32. The van der Waals surface area contributed by atoms with Crippen LogP contribution in [0.1, 0.15) is 12.0 Å². The molecular weight excluding hydrogens is 200 g/mol. The van der Waals surface area contributed by atoms with Crippen LogP contribution in [-0.4, -0.2) is 19.0 Å². The van der Waals surface area contributed by atoms with E-state index in [0.29, 0.717) is 18.6 Å². The lowest BCUT2D eigenvalue weighted by Crippen LogP contribution is -2.07. The lowest BCUT2D eigenvalue weighted by atomic mass is 10.1. The van der Waals surface area contributed by atoms with Crippen molar-refractivity contribution in [3.8, 4) is 0 Å². The van der Waals surface area contributed by atoms with Gasteiger partial charge >= 0.3 is 0 Å². The van der Waals surface area contributed by atoms with E-state index < -0.39 is 11.6 Å². The Morgan fingerprint density at radius 2 is 2.00 bits per heavy atom. The van der Waals surface area contributed by atoms with Crippen LogP contribution in [0.3, 0.4) is 0 Å². The third-order valence-corrected chi connectivity index (χ3v) is 2.32. The monoisotopic (exact) mass is 211 g/mol. The first kappa shape index (κ1) is 10.1. The van der Waals surface area contributed by atoms with E-state index in [1.165, 1.54) is 18.5 Å². The van der Waals surface area contributed by atoms with E-state index in [4.69, 9.17) is 4.74 Å². The molecule has 1 aliphatic rings. The largest absolute Gasteiger partial charge is 0.481 e. The molecule has 0 bridgehead atoms. The molecule has 1 aromatic carbocycles. The fourth-order valence-electron chi connectivity index (χ4n) is 1.57. The van der Waals surface area contributed by atoms with E-state index in [9.17, 15) is 8.78 Å². The van der Waals surface area contributed by atoms with Gasteiger partial charge in [-0.2, -0.15) is 0 Å². The van der Waals surface area contributed by atoms with E-state index in [0.717, 1.165) is 12.5 Å². The maximum atomic E-state index is 12.8. The zero-order chi connectivity index (χ0) is 10.7. The van der Waals surface area contributed by atoms with Crippen LogP contribution in [0.25, 0.3) is 0 Å². The maximum Gasteiger partial charge on any atom is 0.169 e. The van der Waals surface area contributed by atoms with Gasteiger partial charge in [0.2, 0.25) is 0 Å². The Labute approximate surface area is 86.6 Å². The van der Waals surface area contributed by atoms with Gasteiger partial charge in [0.15, 0.2) is 6.40 Å². The van der Waals surface area contributed by atoms with Gasteiger partial charge in [0.05, 0.1) is 6.04 Å². The van der Waals surface area contributed by atoms with Gasteiger partial charge in [0.25, 0.3) is 0 Å². The summed E-state index contributed by atoms with van der Waals surface area (Å²) in [5, 5.41) is 0. The first-order valence-corrected chi connectivity index (χ1v) is 4.82. The first-order valence-electron chi connectivity index (χ1n) is 4.82. The standard InChI is InChI=1S/C11H11F2NO/c12-9-3-8(4-10(13)5-9)1-2-11-6-15-7-14-11/h3-5,7,11H,1-2,6H2. The number of aliphatic imine (C=N–C) groups is 1. The molecule has 1 unspecified atom stereocenters. The molecule has 0 saturated carbocycles. The number of nitrogens with zero attached hydrogens (tertiary/aromatic N) is 1. The van der Waals surface area contributed by atoms with Gasteiger partial charge in [-0.1, -0.05) is 0 Å². The minimum Gasteiger partial charge on any atom is -0.481 e. The highest BCUT2D eigenvalue weighted by molar-refractivity contribution is 5.48. The average Bonchev–Trinajstić information content (AvgIpc) is 2.65. The minimum absolute atomic E-state index is 0.122. The van der Waals surface area contributed by atoms with E-state index in [2.05, 4.69) is 4.99 Å². The van der Waals surface area contributed by atoms with Crippen molar-refractivity contribution in [2.24, 2.45) is 4.99 Å². The molecule has 2 nitrogen and oxygen atoms in total. The molecular formula is C11H11F2NO. The van der Waals surface area contributed by atoms with Gasteiger partial charge < -0.3 is 4.74 Å². The van der Waals surface area contributed by atoms with Crippen molar-refractivity contribution in [1.29, 1.82) is 0 Å². The van der Waals surface area contributed by atoms with Crippen molar-refractivity contribution in [2.75, 3.05) is 6.61 Å². The molecule has 1 aromatic rings. The molecule has 0 aliphatic carbocycles. The Morgan fingerprint density at radius 1 is 1.27 bits per heavy atom. The number of ether oxygens (including phenoxy) is 1. The topological polar surface area (TPSA) is 21.6 Å². The molecule has 80 valence electrons. The molecule has 2 rings (SSSR count). The molecule has 1 heterocycles. The second kappa shape index (κ2) is 4.38. The number of halogens is 2. The Bertz CT molecular complexity index is 359. The number of hydrogen-bond donors (Lipinski definition) is 0. The quantitative estimate of drug-likeness (QED) is 0.751. The summed E-state index contributed by atoms with van der Waals surface area (Å²) in [4.78, 5) is 4.06. The number of rotatable bonds is 3. The van der Waals surface area contributed by atoms with Crippen LogP contribution >= 0.6 is 0 Å². The molecule has 0 aromatic heterocycles. The Kier molecular flexibility index (Phi) is 2.94. The molecule has 0 spiro atoms. The third kappa shape index (κ3) is 2.75. The van der Waals surface area contributed by atoms with Gasteiger partial charge in [0.1, 0.15) is 18.2 Å². The summed E-state index contributed by atoms with van der Waals surface area (Å²) in [6, 6.07) is 3.70. The van der Waals surface area contributed by atoms with Crippen LogP contribution in [0.2, 0.25) is 0 Å². The normalized spacial score (nSPS) is 19.2. The first-order chi connectivity index (χ1) is 7.24. The number of aryl methyl sites for hydroxylation is 1. The summed E-state index contributed by atoms with van der Waals surface area (Å²) < 4.78 is 30.6. The minimum atomic E-state index is -0.531. The van der Waals surface area contributed by atoms with Gasteiger partial charge in [-0.05, 0) is 30.5 Å². The van der Waals surface area contributed by atoms with Crippen LogP contribution in [0, 0.1) is 11.6 Å². The second-order valence-corrected chi connectivity index (χ2v) is 3.56. The fourth-order valence-corrected chi connectivity index (χ4v) is 1.57. The summed E-state index contributed by atoms with van der Waals surface area (Å²) in [6.07, 6.45) is 2.79. The van der Waals surface area contributed by atoms with Crippen LogP contribution < -0.4 is 0 Å². The summed E-state index contributed by atoms with van der Waals surface area (Å²) in [6.45, 7) is 0.567. The lowest BCUT2D eigenvalue weighted by Gasteiger charge is -2.05. The van der Waals surface area contributed by atoms with Crippen LogP contribution in [0.4, 0.5) is 8.78 Å². The second-order valence-electron chi connectivity index (χ2n) is 3.56. The molecule has 0 fully saturated rings. The summed E-state index contributed by atoms with van der Waals surface area (Å²) in [5.74, 6) is -1.06. The summed E-state index contributed by atoms with van der Waals surface area (Å²) in [7, 11) is 0. The molecule has 1 aliphatic heterocycles. The van der Waals surface area contributed by atoms with Crippen LogP contribution in [0.15, 0.2) is 23.2 Å². The summed E-state index contributed by atoms with van der Waals surface area (Å²) >= 11 is 0. The van der Waals surface area contributed by atoms with Crippen molar-refractivity contribution >= 4 is 6.40 Å². The van der Waals surface area contributed by atoms with Gasteiger partial charge in [-0.3, -0.25) is 4.99 Å². The predicted molar refractivity (Wildman–Crippen MR) is 52.9 cm³/mol. The number of hydrogen-bond acceptors (Lipinski definition) is 2. The number of benzene rings is 1. The highest BCUT2D eigenvalue weighted by Gasteiger charge is 2.11. The van der Waals surface area contributed by atoms with E-state index in [1.54, 1.807) is 0 Å². The van der Waals surface area contributed by atoms with Crippen LogP contribution in [-0.2, 0) is 11.2 Å². The van der Waals surface area contributed by atoms with Crippen LogP contribution in [0.5, 0.6) is 0 Å². The Balaban J connectivity index is 1.95. The van der Waals surface area contributed by atoms with E-state index >= 15 is 0 Å². The molecule has 0 N–H and O–H groups in total. The smallest absolute Gasteiger partial charge is 0.169 e. The molecule has 4 heteroatoms. The lowest BCUT2D eigenvalue weighted by molar-refractivity contribution is 0.322. The van der Waals surface area contributed by atoms with E-state index in [-0.39, 0.29) is 6.04 Å². The molecule has 0 amide bonds. The van der Waals surface area contributed by atoms with Crippen molar-refractivity contribution < 1.29 is 13.5 Å². The van der Waals surface area contributed by atoms with Crippen molar-refractivity contribution in [1.82, 2.24) is 0 Å². The highest BCUT2D eigenvalue weighted by Crippen LogP contribution is 2.13. The summed E-state index contributed by atoms with van der Waals surface area (Å²) in [5.41, 5.74) is 0.662. The maximum absolute atomic E-state index is 12.8. The highest BCUT2D eigenvalue weighted by atomic mass is 19.1. The Hall–Kier alpha value is -1.45. The molecule has 0 radical (unpaired) electrons. The van der Waals surface area contributed by atoms with Gasteiger partial charge in [-0.25, -0.2) is 8.78 Å². The molecule has 1 atom stereocenters. The van der Waals surface area contributed by atoms with E-state index in [1.807, 2.05) is 0 Å². The third-order valence-electron chi connectivity index (χ3n) is 2.32. The van der Waals surface area contributed by atoms with Gasteiger partial charge in [-0.15, -0.1) is 0 Å². The molecule has 15 heavy (non-hydrogen) atoms. The van der Waals surface area contributed by atoms with Gasteiger partial charge in [0, 0.05) is 6.07 Å². The zero-order valence-electron chi connectivity index (χ0n) is 8.12.